The molecule has 2 N–H and O–H groups in total. The van der Waals surface area contributed by atoms with E-state index in [9.17, 15) is 9.59 Å². The average Bonchev–Trinajstić information content (AvgIpc) is 3.29. The first-order valence-corrected chi connectivity index (χ1v) is 9.45. The molecular weight excluding hydrogens is 404 g/mol. The Labute approximate surface area is 177 Å². The number of anilines is 2. The van der Waals surface area contributed by atoms with Gasteiger partial charge in [0.1, 0.15) is 5.75 Å². The SMILES string of the molecule is COc1cc2ccccc2cc1C(=O)Nc1ccc(NC(=O)c2ccco2)c(Cl)c1. The second-order valence-electron chi connectivity index (χ2n) is 6.48. The van der Waals surface area contributed by atoms with Crippen LogP contribution in [0.15, 0.2) is 77.4 Å². The van der Waals surface area contributed by atoms with E-state index in [2.05, 4.69) is 10.6 Å². The van der Waals surface area contributed by atoms with Crippen LogP contribution in [0, 0.1) is 0 Å². The maximum atomic E-state index is 12.9. The van der Waals surface area contributed by atoms with Crippen LogP contribution in [0.5, 0.6) is 5.75 Å². The topological polar surface area (TPSA) is 80.6 Å². The number of fused-ring (bicyclic) bond motifs is 1. The van der Waals surface area contributed by atoms with Crippen LogP contribution < -0.4 is 15.4 Å². The fourth-order valence-electron chi connectivity index (χ4n) is 3.05. The molecule has 150 valence electrons. The van der Waals surface area contributed by atoms with E-state index < -0.39 is 5.91 Å². The van der Waals surface area contributed by atoms with Gasteiger partial charge >= 0.3 is 0 Å². The van der Waals surface area contributed by atoms with Crippen LogP contribution in [-0.4, -0.2) is 18.9 Å². The third kappa shape index (κ3) is 3.99. The number of furan rings is 1. The molecular formula is C23H17ClN2O4. The van der Waals surface area contributed by atoms with Crippen molar-refractivity contribution in [1.82, 2.24) is 0 Å². The Balaban J connectivity index is 1.54. The largest absolute Gasteiger partial charge is 0.496 e. The Morgan fingerprint density at radius 3 is 2.33 bits per heavy atom. The quantitative estimate of drug-likeness (QED) is 0.440. The van der Waals surface area contributed by atoms with Gasteiger partial charge in [0, 0.05) is 5.69 Å². The lowest BCUT2D eigenvalue weighted by Gasteiger charge is -2.12. The molecule has 0 saturated carbocycles. The Hall–Kier alpha value is -3.77. The van der Waals surface area contributed by atoms with Crippen molar-refractivity contribution in [2.75, 3.05) is 17.7 Å². The molecule has 0 unspecified atom stereocenters. The number of hydrogen-bond donors (Lipinski definition) is 2. The summed E-state index contributed by atoms with van der Waals surface area (Å²) in [5.41, 5.74) is 1.29. The zero-order valence-corrected chi connectivity index (χ0v) is 16.7. The molecule has 0 spiro atoms. The van der Waals surface area contributed by atoms with Crippen molar-refractivity contribution in [1.29, 1.82) is 0 Å². The number of ether oxygens (including phenoxy) is 1. The zero-order chi connectivity index (χ0) is 21.1. The first-order chi connectivity index (χ1) is 14.5. The molecule has 1 aromatic heterocycles. The van der Waals surface area contributed by atoms with Gasteiger partial charge in [-0.3, -0.25) is 9.59 Å². The first-order valence-electron chi connectivity index (χ1n) is 9.07. The highest BCUT2D eigenvalue weighted by Crippen LogP contribution is 2.29. The fourth-order valence-corrected chi connectivity index (χ4v) is 3.28. The highest BCUT2D eigenvalue weighted by atomic mass is 35.5. The highest BCUT2D eigenvalue weighted by molar-refractivity contribution is 6.34. The third-order valence-corrected chi connectivity index (χ3v) is 4.85. The van der Waals surface area contributed by atoms with Crippen molar-refractivity contribution in [2.45, 2.75) is 0 Å². The van der Waals surface area contributed by atoms with Crippen LogP contribution in [0.25, 0.3) is 10.8 Å². The number of benzene rings is 3. The Bertz CT molecular complexity index is 1240. The molecule has 0 aliphatic carbocycles. The van der Waals surface area contributed by atoms with Gasteiger partial charge in [-0.15, -0.1) is 0 Å². The van der Waals surface area contributed by atoms with Gasteiger partial charge < -0.3 is 19.8 Å². The summed E-state index contributed by atoms with van der Waals surface area (Å²) >= 11 is 6.28. The smallest absolute Gasteiger partial charge is 0.291 e. The molecule has 0 aliphatic rings. The standard InChI is InChI=1S/C23H17ClN2O4/c1-29-21-12-15-6-3-2-5-14(15)11-17(21)22(27)25-16-8-9-19(18(24)13-16)26-23(28)20-7-4-10-30-20/h2-13H,1H3,(H,25,27)(H,26,28). The van der Waals surface area contributed by atoms with Crippen molar-refractivity contribution < 1.29 is 18.7 Å². The number of hydrogen-bond acceptors (Lipinski definition) is 4. The first kappa shape index (κ1) is 19.5. The van der Waals surface area contributed by atoms with Gasteiger partial charge in [-0.2, -0.15) is 0 Å². The number of carbonyl (C=O) groups excluding carboxylic acids is 2. The molecule has 0 aliphatic heterocycles. The molecule has 0 fully saturated rings. The minimum atomic E-state index is -0.417. The van der Waals surface area contributed by atoms with Gasteiger partial charge in [0.05, 0.1) is 29.6 Å². The summed E-state index contributed by atoms with van der Waals surface area (Å²) in [7, 11) is 1.52. The van der Waals surface area contributed by atoms with Crippen molar-refractivity contribution in [3.63, 3.8) is 0 Å². The molecule has 3 aromatic carbocycles. The third-order valence-electron chi connectivity index (χ3n) is 4.53. The lowest BCUT2D eigenvalue weighted by molar-refractivity contribution is 0.0994. The summed E-state index contributed by atoms with van der Waals surface area (Å²) < 4.78 is 10.5. The molecule has 2 amide bonds. The molecule has 0 saturated heterocycles. The second kappa shape index (κ2) is 8.31. The molecule has 7 heteroatoms. The van der Waals surface area contributed by atoms with Gasteiger partial charge in [-0.25, -0.2) is 0 Å². The Morgan fingerprint density at radius 2 is 1.67 bits per heavy atom. The molecule has 4 aromatic rings. The summed E-state index contributed by atoms with van der Waals surface area (Å²) in [4.78, 5) is 25.0. The minimum Gasteiger partial charge on any atom is -0.496 e. The number of methoxy groups -OCH3 is 1. The van der Waals surface area contributed by atoms with Gasteiger partial charge in [0.15, 0.2) is 5.76 Å². The lowest BCUT2D eigenvalue weighted by Crippen LogP contribution is -2.14. The molecule has 0 atom stereocenters. The number of amides is 2. The number of nitrogens with one attached hydrogen (secondary N) is 2. The van der Waals surface area contributed by atoms with Crippen LogP contribution in [0.4, 0.5) is 11.4 Å². The van der Waals surface area contributed by atoms with E-state index in [1.54, 1.807) is 36.4 Å². The Kier molecular flexibility index (Phi) is 5.41. The summed E-state index contributed by atoms with van der Waals surface area (Å²) in [5.74, 6) is -0.105. The Morgan fingerprint density at radius 1 is 0.900 bits per heavy atom. The van der Waals surface area contributed by atoms with E-state index in [0.29, 0.717) is 22.7 Å². The summed E-state index contributed by atoms with van der Waals surface area (Å²) in [6, 6.07) is 19.3. The van der Waals surface area contributed by atoms with Crippen LogP contribution >= 0.6 is 11.6 Å². The molecule has 0 radical (unpaired) electrons. The summed E-state index contributed by atoms with van der Waals surface area (Å²) in [6.07, 6.45) is 1.41. The van der Waals surface area contributed by atoms with Gasteiger partial charge in [-0.05, 0) is 53.2 Å². The van der Waals surface area contributed by atoms with E-state index in [-0.39, 0.29) is 16.7 Å². The molecule has 4 rings (SSSR count). The average molecular weight is 421 g/mol. The van der Waals surface area contributed by atoms with E-state index in [0.717, 1.165) is 10.8 Å². The highest BCUT2D eigenvalue weighted by Gasteiger charge is 2.16. The minimum absolute atomic E-state index is 0.173. The van der Waals surface area contributed by atoms with Crippen LogP contribution in [0.1, 0.15) is 20.9 Å². The van der Waals surface area contributed by atoms with Crippen molar-refractivity contribution >= 4 is 45.6 Å². The predicted octanol–water partition coefficient (Wildman–Crippen LogP) is 5.60. The second-order valence-corrected chi connectivity index (χ2v) is 6.89. The van der Waals surface area contributed by atoms with Crippen molar-refractivity contribution in [2.24, 2.45) is 0 Å². The van der Waals surface area contributed by atoms with Gasteiger partial charge in [0.2, 0.25) is 0 Å². The van der Waals surface area contributed by atoms with Crippen molar-refractivity contribution in [3.05, 3.63) is 89.3 Å². The molecule has 30 heavy (non-hydrogen) atoms. The maximum Gasteiger partial charge on any atom is 0.291 e. The van der Waals surface area contributed by atoms with Crippen molar-refractivity contribution in [3.8, 4) is 5.75 Å². The van der Waals surface area contributed by atoms with E-state index in [1.165, 1.54) is 13.4 Å². The van der Waals surface area contributed by atoms with Gasteiger partial charge in [0.25, 0.3) is 11.8 Å². The number of halogens is 1. The lowest BCUT2D eigenvalue weighted by atomic mass is 10.1. The van der Waals surface area contributed by atoms with E-state index in [4.69, 9.17) is 20.8 Å². The normalized spacial score (nSPS) is 10.6. The van der Waals surface area contributed by atoms with Crippen LogP contribution in [0.3, 0.4) is 0 Å². The predicted molar refractivity (Wildman–Crippen MR) is 117 cm³/mol. The monoisotopic (exact) mass is 420 g/mol. The number of carbonyl (C=O) groups is 2. The van der Waals surface area contributed by atoms with Crippen LogP contribution in [0.2, 0.25) is 5.02 Å². The molecule has 0 bridgehead atoms. The summed E-state index contributed by atoms with van der Waals surface area (Å²) in [6.45, 7) is 0. The van der Waals surface area contributed by atoms with Crippen LogP contribution in [-0.2, 0) is 0 Å². The van der Waals surface area contributed by atoms with E-state index in [1.807, 2.05) is 30.3 Å². The number of rotatable bonds is 5. The molecule has 1 heterocycles. The fraction of sp³-hybridized carbons (Fsp3) is 0.0435. The maximum absolute atomic E-state index is 12.9. The zero-order valence-electron chi connectivity index (χ0n) is 15.9. The van der Waals surface area contributed by atoms with E-state index >= 15 is 0 Å². The summed E-state index contributed by atoms with van der Waals surface area (Å²) in [5, 5.41) is 7.66. The van der Waals surface area contributed by atoms with Gasteiger partial charge in [-0.1, -0.05) is 35.9 Å². The molecule has 6 nitrogen and oxygen atoms in total.